The van der Waals surface area contributed by atoms with Crippen molar-refractivity contribution < 1.29 is 8.42 Å². The van der Waals surface area contributed by atoms with Crippen molar-refractivity contribution in [2.24, 2.45) is 11.8 Å². The molecule has 0 saturated carbocycles. The summed E-state index contributed by atoms with van der Waals surface area (Å²) in [6, 6.07) is 4.95. The molecule has 1 rings (SSSR count). The number of hydrogen-bond acceptors (Lipinski definition) is 3. The second-order valence-electron chi connectivity index (χ2n) is 6.13. The molecule has 0 aliphatic rings. The van der Waals surface area contributed by atoms with Crippen LogP contribution < -0.4 is 5.73 Å². The van der Waals surface area contributed by atoms with Gasteiger partial charge in [0.15, 0.2) is 0 Å². The highest BCUT2D eigenvalue weighted by Gasteiger charge is 2.27. The molecule has 0 unspecified atom stereocenters. The largest absolute Gasteiger partial charge is 0.399 e. The van der Waals surface area contributed by atoms with Crippen LogP contribution in [-0.2, 0) is 10.0 Å². The molecule has 0 saturated heterocycles. The minimum Gasteiger partial charge on any atom is -0.399 e. The van der Waals surface area contributed by atoms with Crippen molar-refractivity contribution in [3.63, 3.8) is 0 Å². The highest BCUT2D eigenvalue weighted by molar-refractivity contribution is 7.89. The van der Waals surface area contributed by atoms with Crippen LogP contribution in [0.3, 0.4) is 0 Å². The number of nitrogens with two attached hydrogens (primary N) is 1. The average Bonchev–Trinajstić information content (AvgIpc) is 2.26. The molecule has 0 radical (unpaired) electrons. The van der Waals surface area contributed by atoms with Crippen molar-refractivity contribution >= 4 is 15.7 Å². The summed E-state index contributed by atoms with van der Waals surface area (Å²) in [4.78, 5) is 0.355. The van der Waals surface area contributed by atoms with Crippen LogP contribution in [0.2, 0.25) is 0 Å². The quantitative estimate of drug-likeness (QED) is 0.821. The van der Waals surface area contributed by atoms with Gasteiger partial charge in [0.2, 0.25) is 10.0 Å². The van der Waals surface area contributed by atoms with Crippen molar-refractivity contribution in [2.75, 3.05) is 18.8 Å². The SMILES string of the molecule is Cc1cc(N)ccc1S(=O)(=O)N(CC(C)C)CC(C)C. The molecule has 0 aromatic heterocycles. The third-order valence-corrected chi connectivity index (χ3v) is 4.95. The summed E-state index contributed by atoms with van der Waals surface area (Å²) < 4.78 is 27.2. The number of sulfonamides is 1. The Morgan fingerprint density at radius 2 is 1.60 bits per heavy atom. The predicted octanol–water partition coefficient (Wildman–Crippen LogP) is 2.88. The highest BCUT2D eigenvalue weighted by Crippen LogP contribution is 2.23. The Labute approximate surface area is 123 Å². The van der Waals surface area contributed by atoms with E-state index in [0.29, 0.717) is 29.2 Å². The van der Waals surface area contributed by atoms with E-state index in [-0.39, 0.29) is 11.8 Å². The van der Waals surface area contributed by atoms with Crippen LogP contribution in [0.1, 0.15) is 33.3 Å². The van der Waals surface area contributed by atoms with E-state index in [1.165, 1.54) is 0 Å². The van der Waals surface area contributed by atoms with Crippen molar-refractivity contribution in [1.29, 1.82) is 0 Å². The van der Waals surface area contributed by atoms with E-state index in [0.717, 1.165) is 0 Å². The zero-order chi connectivity index (χ0) is 15.5. The molecule has 1 aromatic rings. The Bertz CT molecular complexity index is 541. The highest BCUT2D eigenvalue weighted by atomic mass is 32.2. The number of rotatable bonds is 6. The molecule has 2 N–H and O–H groups in total. The normalized spacial score (nSPS) is 12.6. The Hall–Kier alpha value is -1.07. The topological polar surface area (TPSA) is 63.4 Å². The summed E-state index contributed by atoms with van der Waals surface area (Å²) >= 11 is 0. The van der Waals surface area contributed by atoms with Crippen LogP contribution >= 0.6 is 0 Å². The molecule has 5 heteroatoms. The number of hydrogen-bond donors (Lipinski definition) is 1. The summed E-state index contributed by atoms with van der Waals surface area (Å²) in [7, 11) is -3.46. The fraction of sp³-hybridized carbons (Fsp3) is 0.600. The Balaban J connectivity index is 3.21. The third-order valence-electron chi connectivity index (χ3n) is 2.95. The second-order valence-corrected chi connectivity index (χ2v) is 8.04. The molecule has 0 bridgehead atoms. The van der Waals surface area contributed by atoms with Crippen LogP contribution in [-0.4, -0.2) is 25.8 Å². The maximum absolute atomic E-state index is 12.8. The smallest absolute Gasteiger partial charge is 0.243 e. The van der Waals surface area contributed by atoms with Gasteiger partial charge in [-0.05, 0) is 42.5 Å². The van der Waals surface area contributed by atoms with Gasteiger partial charge in [-0.2, -0.15) is 4.31 Å². The van der Waals surface area contributed by atoms with Crippen molar-refractivity contribution in [1.82, 2.24) is 4.31 Å². The maximum atomic E-state index is 12.8. The van der Waals surface area contributed by atoms with Crippen LogP contribution in [0.4, 0.5) is 5.69 Å². The van der Waals surface area contributed by atoms with Crippen LogP contribution in [0.15, 0.2) is 23.1 Å². The Kier molecular flexibility index (Phi) is 5.59. The van der Waals surface area contributed by atoms with Crippen molar-refractivity contribution in [3.8, 4) is 0 Å². The number of benzene rings is 1. The van der Waals surface area contributed by atoms with Gasteiger partial charge in [0.1, 0.15) is 0 Å². The molecule has 0 atom stereocenters. The number of nitrogens with zero attached hydrogens (tertiary/aromatic N) is 1. The first-order valence-electron chi connectivity index (χ1n) is 7.01. The Morgan fingerprint density at radius 3 is 2.00 bits per heavy atom. The van der Waals surface area contributed by atoms with Gasteiger partial charge in [-0.15, -0.1) is 0 Å². The minimum atomic E-state index is -3.46. The van der Waals surface area contributed by atoms with Gasteiger partial charge < -0.3 is 5.73 Å². The Morgan fingerprint density at radius 1 is 1.10 bits per heavy atom. The molecule has 4 nitrogen and oxygen atoms in total. The third kappa shape index (κ3) is 4.21. The van der Waals surface area contributed by atoms with Crippen LogP contribution in [0, 0.1) is 18.8 Å². The van der Waals surface area contributed by atoms with Gasteiger partial charge in [0, 0.05) is 18.8 Å². The summed E-state index contributed by atoms with van der Waals surface area (Å²) in [6.07, 6.45) is 0. The molecule has 20 heavy (non-hydrogen) atoms. The monoisotopic (exact) mass is 298 g/mol. The lowest BCUT2D eigenvalue weighted by Crippen LogP contribution is -2.37. The first-order chi connectivity index (χ1) is 9.14. The summed E-state index contributed by atoms with van der Waals surface area (Å²) in [5.41, 5.74) is 6.98. The van der Waals surface area contributed by atoms with Crippen LogP contribution in [0.25, 0.3) is 0 Å². The zero-order valence-electron chi connectivity index (χ0n) is 13.1. The van der Waals surface area contributed by atoms with Crippen molar-refractivity contribution in [3.05, 3.63) is 23.8 Å². The van der Waals surface area contributed by atoms with E-state index in [1.54, 1.807) is 29.4 Å². The summed E-state index contributed by atoms with van der Waals surface area (Å²) in [6.45, 7) is 11.0. The number of nitrogen functional groups attached to an aromatic ring is 1. The first-order valence-corrected chi connectivity index (χ1v) is 8.45. The first kappa shape index (κ1) is 17.0. The molecule has 0 aliphatic carbocycles. The molecule has 0 amide bonds. The average molecular weight is 298 g/mol. The van der Waals surface area contributed by atoms with Gasteiger partial charge in [-0.1, -0.05) is 27.7 Å². The lowest BCUT2D eigenvalue weighted by Gasteiger charge is -2.26. The summed E-state index contributed by atoms with van der Waals surface area (Å²) in [5.74, 6) is 0.579. The fourth-order valence-electron chi connectivity index (χ4n) is 2.19. The number of anilines is 1. The van der Waals surface area contributed by atoms with E-state index in [1.807, 2.05) is 27.7 Å². The molecule has 0 fully saturated rings. The zero-order valence-corrected chi connectivity index (χ0v) is 13.9. The van der Waals surface area contributed by atoms with Gasteiger partial charge in [-0.3, -0.25) is 0 Å². The molecular formula is C15H26N2O2S. The standard InChI is InChI=1S/C15H26N2O2S/c1-11(2)9-17(10-12(3)4)20(18,19)15-7-6-14(16)8-13(15)5/h6-8,11-12H,9-10,16H2,1-5H3. The number of aryl methyl sites for hydroxylation is 1. The molecular weight excluding hydrogens is 272 g/mol. The molecule has 1 aromatic carbocycles. The second kappa shape index (κ2) is 6.59. The maximum Gasteiger partial charge on any atom is 0.243 e. The van der Waals surface area contributed by atoms with E-state index in [9.17, 15) is 8.42 Å². The van der Waals surface area contributed by atoms with E-state index in [2.05, 4.69) is 0 Å². The molecule has 0 spiro atoms. The fourth-order valence-corrected chi connectivity index (χ4v) is 4.16. The minimum absolute atomic E-state index is 0.289. The molecule has 0 heterocycles. The van der Waals surface area contributed by atoms with Gasteiger partial charge >= 0.3 is 0 Å². The van der Waals surface area contributed by atoms with E-state index in [4.69, 9.17) is 5.73 Å². The molecule has 0 aliphatic heterocycles. The van der Waals surface area contributed by atoms with Crippen molar-refractivity contribution in [2.45, 2.75) is 39.5 Å². The van der Waals surface area contributed by atoms with Crippen LogP contribution in [0.5, 0.6) is 0 Å². The van der Waals surface area contributed by atoms with Gasteiger partial charge in [0.05, 0.1) is 4.90 Å². The predicted molar refractivity (Wildman–Crippen MR) is 84.0 cm³/mol. The molecule has 114 valence electrons. The lowest BCUT2D eigenvalue weighted by molar-refractivity contribution is 0.333. The van der Waals surface area contributed by atoms with E-state index >= 15 is 0 Å². The van der Waals surface area contributed by atoms with Gasteiger partial charge in [-0.25, -0.2) is 8.42 Å². The lowest BCUT2D eigenvalue weighted by atomic mass is 10.2. The summed E-state index contributed by atoms with van der Waals surface area (Å²) in [5, 5.41) is 0. The van der Waals surface area contributed by atoms with E-state index < -0.39 is 10.0 Å². The van der Waals surface area contributed by atoms with Gasteiger partial charge in [0.25, 0.3) is 0 Å².